The van der Waals surface area contributed by atoms with E-state index in [1.165, 1.54) is 6.92 Å². The summed E-state index contributed by atoms with van der Waals surface area (Å²) in [5.41, 5.74) is 0. The van der Waals surface area contributed by atoms with Gasteiger partial charge >= 0.3 is 11.9 Å². The summed E-state index contributed by atoms with van der Waals surface area (Å²) in [5, 5.41) is 8.52. The summed E-state index contributed by atoms with van der Waals surface area (Å²) in [6.45, 7) is 1.83. The molecule has 0 aromatic heterocycles. The van der Waals surface area contributed by atoms with E-state index in [2.05, 4.69) is 4.74 Å². The van der Waals surface area contributed by atoms with E-state index in [9.17, 15) is 14.4 Å². The molecule has 0 aliphatic rings. The van der Waals surface area contributed by atoms with Gasteiger partial charge in [0.25, 0.3) is 6.47 Å². The van der Waals surface area contributed by atoms with Crippen LogP contribution in [0.3, 0.4) is 0 Å². The monoisotopic (exact) mass is 218 g/mol. The second-order valence-electron chi connectivity index (χ2n) is 2.97. The van der Waals surface area contributed by atoms with Gasteiger partial charge in [0.2, 0.25) is 0 Å². The molecule has 0 aromatic rings. The number of carboxylic acids is 1. The number of carbonyl (C=O) groups is 3. The maximum absolute atomic E-state index is 10.9. The van der Waals surface area contributed by atoms with Gasteiger partial charge in [-0.1, -0.05) is 6.92 Å². The Bertz CT molecular complexity index is 225. The summed E-state index contributed by atoms with van der Waals surface area (Å²) in [6.07, 6.45) is 0.260. The highest BCUT2D eigenvalue weighted by Crippen LogP contribution is 2.02. The smallest absolute Gasteiger partial charge is 0.309 e. The van der Waals surface area contributed by atoms with E-state index >= 15 is 0 Å². The van der Waals surface area contributed by atoms with E-state index in [0.717, 1.165) is 0 Å². The number of carboxylic acid groups (broad SMARTS) is 1. The van der Waals surface area contributed by atoms with E-state index in [-0.39, 0.29) is 32.5 Å². The van der Waals surface area contributed by atoms with Gasteiger partial charge in [-0.15, -0.1) is 0 Å². The summed E-state index contributed by atoms with van der Waals surface area (Å²) in [4.78, 5) is 31.0. The van der Waals surface area contributed by atoms with Crippen molar-refractivity contribution in [2.75, 3.05) is 13.2 Å². The Morgan fingerprint density at radius 2 is 2.07 bits per heavy atom. The Balaban J connectivity index is 3.46. The lowest BCUT2D eigenvalue weighted by molar-refractivity contribution is -0.148. The first kappa shape index (κ1) is 13.4. The van der Waals surface area contributed by atoms with Crippen LogP contribution in [0.5, 0.6) is 0 Å². The zero-order chi connectivity index (χ0) is 11.7. The molecule has 6 heteroatoms. The molecule has 1 unspecified atom stereocenters. The van der Waals surface area contributed by atoms with Crippen molar-refractivity contribution in [3.05, 3.63) is 0 Å². The quantitative estimate of drug-likeness (QED) is 0.355. The Labute approximate surface area is 87.2 Å². The molecular formula is C9H14O6. The van der Waals surface area contributed by atoms with Crippen LogP contribution >= 0.6 is 0 Å². The van der Waals surface area contributed by atoms with Crippen LogP contribution in [0.2, 0.25) is 0 Å². The third kappa shape index (κ3) is 7.48. The lowest BCUT2D eigenvalue weighted by Crippen LogP contribution is -2.15. The lowest BCUT2D eigenvalue weighted by Gasteiger charge is -2.06. The summed E-state index contributed by atoms with van der Waals surface area (Å²) in [7, 11) is 0. The van der Waals surface area contributed by atoms with Crippen LogP contribution in [0, 0.1) is 5.92 Å². The van der Waals surface area contributed by atoms with Gasteiger partial charge in [0.1, 0.15) is 6.61 Å². The first-order valence-electron chi connectivity index (χ1n) is 4.51. The van der Waals surface area contributed by atoms with Gasteiger partial charge in [-0.2, -0.15) is 0 Å². The Hall–Kier alpha value is -1.59. The maximum Gasteiger partial charge on any atom is 0.309 e. The van der Waals surface area contributed by atoms with Gasteiger partial charge in [0, 0.05) is 0 Å². The van der Waals surface area contributed by atoms with Gasteiger partial charge in [-0.05, 0) is 6.42 Å². The van der Waals surface area contributed by atoms with Crippen LogP contribution in [-0.2, 0) is 23.9 Å². The fourth-order valence-electron chi connectivity index (χ4n) is 0.736. The van der Waals surface area contributed by atoms with Crippen LogP contribution in [-0.4, -0.2) is 36.7 Å². The van der Waals surface area contributed by atoms with E-state index < -0.39 is 17.9 Å². The van der Waals surface area contributed by atoms with Gasteiger partial charge < -0.3 is 14.6 Å². The molecule has 0 saturated carbocycles. The van der Waals surface area contributed by atoms with Crippen LogP contribution in [0.15, 0.2) is 0 Å². The molecule has 0 saturated heterocycles. The molecule has 0 fully saturated rings. The average molecular weight is 218 g/mol. The second kappa shape index (κ2) is 7.78. The van der Waals surface area contributed by atoms with Crippen molar-refractivity contribution in [2.45, 2.75) is 19.8 Å². The summed E-state index contributed by atoms with van der Waals surface area (Å²) in [6, 6.07) is 0. The van der Waals surface area contributed by atoms with Gasteiger partial charge in [-0.3, -0.25) is 14.4 Å². The molecule has 1 atom stereocenters. The molecule has 0 heterocycles. The fraction of sp³-hybridized carbons (Fsp3) is 0.667. The first-order valence-corrected chi connectivity index (χ1v) is 4.51. The molecule has 0 bridgehead atoms. The minimum atomic E-state index is -0.921. The average Bonchev–Trinajstić information content (AvgIpc) is 2.18. The minimum absolute atomic E-state index is 0.0137. The van der Waals surface area contributed by atoms with E-state index in [1.54, 1.807) is 0 Å². The summed E-state index contributed by atoms with van der Waals surface area (Å²) in [5.74, 6) is -1.96. The van der Waals surface area contributed by atoms with Crippen molar-refractivity contribution in [1.29, 1.82) is 0 Å². The van der Waals surface area contributed by atoms with Crippen molar-refractivity contribution in [2.24, 2.45) is 5.92 Å². The maximum atomic E-state index is 10.9. The number of rotatable bonds is 8. The van der Waals surface area contributed by atoms with E-state index in [0.29, 0.717) is 0 Å². The molecule has 0 radical (unpaired) electrons. The normalized spacial score (nSPS) is 11.5. The number of aliphatic carboxylic acids is 1. The van der Waals surface area contributed by atoms with Gasteiger partial charge in [0.15, 0.2) is 0 Å². The lowest BCUT2D eigenvalue weighted by atomic mass is 10.1. The molecule has 1 N–H and O–H groups in total. The molecule has 6 nitrogen and oxygen atoms in total. The predicted octanol–water partition coefficient (Wildman–Crippen LogP) is 0.203. The van der Waals surface area contributed by atoms with Gasteiger partial charge in [0.05, 0.1) is 18.9 Å². The molecule has 0 aromatic carbocycles. The SMILES string of the molecule is CC(CCOC(=O)CCOC=O)C(=O)O. The van der Waals surface area contributed by atoms with E-state index in [1.807, 2.05) is 0 Å². The minimum Gasteiger partial charge on any atom is -0.481 e. The number of hydrogen-bond acceptors (Lipinski definition) is 5. The van der Waals surface area contributed by atoms with Crippen molar-refractivity contribution in [1.82, 2.24) is 0 Å². The third-order valence-corrected chi connectivity index (χ3v) is 1.73. The Kier molecular flexibility index (Phi) is 6.96. The predicted molar refractivity (Wildman–Crippen MR) is 49.0 cm³/mol. The van der Waals surface area contributed by atoms with Gasteiger partial charge in [-0.25, -0.2) is 0 Å². The highest BCUT2D eigenvalue weighted by Gasteiger charge is 2.11. The first-order chi connectivity index (χ1) is 7.07. The Morgan fingerprint density at radius 3 is 2.60 bits per heavy atom. The molecule has 15 heavy (non-hydrogen) atoms. The highest BCUT2D eigenvalue weighted by molar-refractivity contribution is 5.70. The molecule has 0 rings (SSSR count). The largest absolute Gasteiger partial charge is 0.481 e. The van der Waals surface area contributed by atoms with Crippen LogP contribution in [0.4, 0.5) is 0 Å². The second-order valence-corrected chi connectivity index (χ2v) is 2.97. The molecule has 0 aliphatic heterocycles. The highest BCUT2D eigenvalue weighted by atomic mass is 16.5. The number of carbonyl (C=O) groups excluding carboxylic acids is 2. The third-order valence-electron chi connectivity index (χ3n) is 1.73. The Morgan fingerprint density at radius 1 is 1.40 bits per heavy atom. The number of hydrogen-bond donors (Lipinski definition) is 1. The summed E-state index contributed by atoms with van der Waals surface area (Å²) >= 11 is 0. The zero-order valence-corrected chi connectivity index (χ0v) is 8.47. The number of ether oxygens (including phenoxy) is 2. The molecule has 0 amide bonds. The zero-order valence-electron chi connectivity index (χ0n) is 8.47. The fourth-order valence-corrected chi connectivity index (χ4v) is 0.736. The summed E-state index contributed by atoms with van der Waals surface area (Å²) < 4.78 is 9.01. The van der Waals surface area contributed by atoms with Crippen molar-refractivity contribution >= 4 is 18.4 Å². The van der Waals surface area contributed by atoms with Crippen LogP contribution < -0.4 is 0 Å². The standard InChI is InChI=1S/C9H14O6/c1-7(9(12)13)2-5-15-8(11)3-4-14-6-10/h6-7H,2-5H2,1H3,(H,12,13). The van der Waals surface area contributed by atoms with Crippen molar-refractivity contribution in [3.8, 4) is 0 Å². The van der Waals surface area contributed by atoms with E-state index in [4.69, 9.17) is 9.84 Å². The number of esters is 1. The van der Waals surface area contributed by atoms with Crippen LogP contribution in [0.25, 0.3) is 0 Å². The molecular weight excluding hydrogens is 204 g/mol. The molecule has 0 spiro atoms. The molecule has 0 aliphatic carbocycles. The topological polar surface area (TPSA) is 89.9 Å². The van der Waals surface area contributed by atoms with Crippen molar-refractivity contribution in [3.63, 3.8) is 0 Å². The van der Waals surface area contributed by atoms with Crippen LogP contribution in [0.1, 0.15) is 19.8 Å². The van der Waals surface area contributed by atoms with Crippen molar-refractivity contribution < 1.29 is 29.0 Å². The molecule has 86 valence electrons.